The average molecular weight is 527 g/mol. The molecule has 0 atom stereocenters. The van der Waals surface area contributed by atoms with Crippen molar-refractivity contribution in [3.8, 4) is 0 Å². The minimum Gasteiger partial charge on any atom is -0.147 e. The van der Waals surface area contributed by atoms with Crippen LogP contribution in [0.4, 0.5) is 0 Å². The number of rotatable bonds is 9. The van der Waals surface area contributed by atoms with E-state index in [4.69, 9.17) is 0 Å². The molecule has 3 rings (SSSR count). The molecular weight excluding hydrogens is 487 g/mol. The summed E-state index contributed by atoms with van der Waals surface area (Å²) >= 11 is -1.84. The maximum atomic E-state index is 2.47. The van der Waals surface area contributed by atoms with Crippen LogP contribution in [0.5, 0.6) is 0 Å². The molecule has 0 saturated heterocycles. The number of hydrogen-bond donors (Lipinski definition) is 0. The van der Waals surface area contributed by atoms with Crippen molar-refractivity contribution in [1.29, 1.82) is 0 Å². The summed E-state index contributed by atoms with van der Waals surface area (Å²) in [4.78, 5) is 0. The Balaban J connectivity index is 0.00000363. The third-order valence-electron chi connectivity index (χ3n) is 6.74. The summed E-state index contributed by atoms with van der Waals surface area (Å²) in [6.07, 6.45) is 0. The van der Waals surface area contributed by atoms with Crippen molar-refractivity contribution in [2.24, 2.45) is 0 Å². The third kappa shape index (κ3) is 7.17. The second-order valence-electron chi connectivity index (χ2n) is 11.0. The molecule has 0 amide bonds. The molecule has 0 bridgehead atoms. The molecular formula is C30H40ClZr. The van der Waals surface area contributed by atoms with Crippen molar-refractivity contribution in [1.82, 2.24) is 0 Å². The summed E-state index contributed by atoms with van der Waals surface area (Å²) in [5, 5.41) is 0. The van der Waals surface area contributed by atoms with Crippen molar-refractivity contribution in [3.63, 3.8) is 0 Å². The first-order chi connectivity index (χ1) is 14.6. The number of halogens is 1. The van der Waals surface area contributed by atoms with Crippen LogP contribution in [-0.2, 0) is 38.0 Å². The van der Waals surface area contributed by atoms with Crippen LogP contribution in [0, 0.1) is 0 Å². The molecule has 0 radical (unpaired) electrons. The molecule has 0 aromatic heterocycles. The molecule has 0 N–H and O–H groups in total. The average Bonchev–Trinajstić information content (AvgIpc) is 2.75. The largest absolute Gasteiger partial charge is 0.147 e. The molecule has 0 saturated carbocycles. The van der Waals surface area contributed by atoms with Gasteiger partial charge >= 0.3 is 200 Å². The molecule has 2 heteroatoms. The molecule has 3 aromatic carbocycles. The normalized spacial score (nSPS) is 12.2. The molecule has 0 heterocycles. The summed E-state index contributed by atoms with van der Waals surface area (Å²) in [5.74, 6) is 0. The Hall–Kier alpha value is -1.17. The smallest absolute Gasteiger partial charge is 0.147 e. The van der Waals surface area contributed by atoms with Crippen LogP contribution in [-0.4, -0.2) is 0 Å². The number of benzene rings is 3. The van der Waals surface area contributed by atoms with Gasteiger partial charge in [0.05, 0.1) is 0 Å². The first kappa shape index (κ1) is 27.1. The molecule has 0 fully saturated rings. The third-order valence-corrected chi connectivity index (χ3v) is 16.9. The van der Waals surface area contributed by atoms with E-state index in [0.29, 0.717) is 0 Å². The predicted molar refractivity (Wildman–Crippen MR) is 140 cm³/mol. The van der Waals surface area contributed by atoms with E-state index in [-0.39, 0.29) is 28.7 Å². The molecule has 0 aliphatic rings. The monoisotopic (exact) mass is 525 g/mol. The van der Waals surface area contributed by atoms with E-state index >= 15 is 0 Å². The van der Waals surface area contributed by atoms with Gasteiger partial charge in [-0.2, -0.15) is 0 Å². The second-order valence-corrected chi connectivity index (χ2v) is 17.3. The van der Waals surface area contributed by atoms with Gasteiger partial charge in [0.1, 0.15) is 0 Å². The SMILES string of the molecule is CC(C)([CH2][Zr]([CH2]C(C)(C)c1ccccc1)[CH2]C(C)(C)c1ccccc1)c1ccccc1.Cl. The minimum absolute atomic E-state index is 0. The molecule has 0 nitrogen and oxygen atoms in total. The number of hydrogen-bond acceptors (Lipinski definition) is 0. The minimum atomic E-state index is -1.84. The van der Waals surface area contributed by atoms with Crippen LogP contribution < -0.4 is 0 Å². The fraction of sp³-hybridized carbons (Fsp3) is 0.400. The standard InChI is InChI=1S/3C10H13.ClH.Zr/c3*1-10(2,3)9-7-5-4-6-8-9;;/h3*4-8H,1H2,2-3H3;1H;. The van der Waals surface area contributed by atoms with E-state index in [0.717, 1.165) is 0 Å². The van der Waals surface area contributed by atoms with Gasteiger partial charge in [0.25, 0.3) is 0 Å². The first-order valence-corrected chi connectivity index (χ1v) is 16.8. The second kappa shape index (κ2) is 11.3. The van der Waals surface area contributed by atoms with Gasteiger partial charge in [0.15, 0.2) is 0 Å². The Morgan fingerprint density at radius 1 is 0.438 bits per heavy atom. The fourth-order valence-electron chi connectivity index (χ4n) is 5.04. The molecule has 0 spiro atoms. The van der Waals surface area contributed by atoms with Crippen LogP contribution in [0.1, 0.15) is 58.2 Å². The fourth-order valence-corrected chi connectivity index (χ4v) is 16.7. The van der Waals surface area contributed by atoms with Crippen LogP contribution >= 0.6 is 12.4 Å². The van der Waals surface area contributed by atoms with Crippen LogP contribution in [0.15, 0.2) is 91.0 Å². The van der Waals surface area contributed by atoms with Crippen molar-refractivity contribution in [2.45, 2.75) is 70.2 Å². The summed E-state index contributed by atoms with van der Waals surface area (Å²) in [5.41, 5.74) is 5.16. The van der Waals surface area contributed by atoms with E-state index in [1.54, 1.807) is 0 Å². The quantitative estimate of drug-likeness (QED) is 0.260. The molecule has 32 heavy (non-hydrogen) atoms. The van der Waals surface area contributed by atoms with Crippen LogP contribution in [0.3, 0.4) is 0 Å². The van der Waals surface area contributed by atoms with E-state index < -0.39 is 21.8 Å². The van der Waals surface area contributed by atoms with Crippen LogP contribution in [0.2, 0.25) is 12.4 Å². The molecule has 0 aliphatic heterocycles. The summed E-state index contributed by atoms with van der Waals surface area (Å²) in [6, 6.07) is 33.5. The summed E-state index contributed by atoms with van der Waals surface area (Å²) in [6.45, 7) is 14.8. The summed E-state index contributed by atoms with van der Waals surface area (Å²) in [7, 11) is 0. The van der Waals surface area contributed by atoms with Crippen molar-refractivity contribution >= 4 is 12.4 Å². The zero-order valence-corrected chi connectivity index (χ0v) is 24.0. The van der Waals surface area contributed by atoms with Gasteiger partial charge in [-0.3, -0.25) is 0 Å². The Morgan fingerprint density at radius 2 is 0.656 bits per heavy atom. The maximum Gasteiger partial charge on any atom is -0.147 e. The zero-order valence-electron chi connectivity index (χ0n) is 20.7. The van der Waals surface area contributed by atoms with Gasteiger partial charge in [-0.25, -0.2) is 0 Å². The van der Waals surface area contributed by atoms with Gasteiger partial charge in [0, 0.05) is 0 Å². The maximum absolute atomic E-state index is 2.47. The first-order valence-electron chi connectivity index (χ1n) is 11.6. The predicted octanol–water partition coefficient (Wildman–Crippen LogP) is 9.21. The van der Waals surface area contributed by atoms with Gasteiger partial charge < -0.3 is 0 Å². The molecule has 171 valence electrons. The Morgan fingerprint density at radius 3 is 0.875 bits per heavy atom. The van der Waals surface area contributed by atoms with E-state index in [2.05, 4.69) is 133 Å². The van der Waals surface area contributed by atoms with Gasteiger partial charge in [-0.1, -0.05) is 0 Å². The Bertz CT molecular complexity index is 803. The molecule has 3 aromatic rings. The van der Waals surface area contributed by atoms with E-state index in [1.807, 2.05) is 0 Å². The zero-order chi connectivity index (χ0) is 22.5. The van der Waals surface area contributed by atoms with Crippen molar-refractivity contribution < 1.29 is 21.8 Å². The Kier molecular flexibility index (Phi) is 9.57. The summed E-state index contributed by atoms with van der Waals surface area (Å²) < 4.78 is 4.14. The van der Waals surface area contributed by atoms with E-state index in [9.17, 15) is 0 Å². The Labute approximate surface area is 211 Å². The molecule has 0 aliphatic carbocycles. The van der Waals surface area contributed by atoms with E-state index in [1.165, 1.54) is 29.1 Å². The van der Waals surface area contributed by atoms with Crippen LogP contribution in [0.25, 0.3) is 0 Å². The van der Waals surface area contributed by atoms with Crippen molar-refractivity contribution in [3.05, 3.63) is 108 Å². The van der Waals surface area contributed by atoms with Gasteiger partial charge in [-0.05, 0) is 0 Å². The van der Waals surface area contributed by atoms with Gasteiger partial charge in [0.2, 0.25) is 0 Å². The molecule has 0 unspecified atom stereocenters. The van der Waals surface area contributed by atoms with Gasteiger partial charge in [-0.15, -0.1) is 12.4 Å². The van der Waals surface area contributed by atoms with Crippen molar-refractivity contribution in [2.75, 3.05) is 0 Å². The topological polar surface area (TPSA) is 0 Å².